The Morgan fingerprint density at radius 2 is 2.19 bits per heavy atom. The van der Waals surface area contributed by atoms with E-state index in [1.165, 1.54) is 6.92 Å². The number of halogens is 3. The fraction of sp³-hybridized carbons (Fsp3) is 0.615. The first-order valence-electron chi connectivity index (χ1n) is 6.55. The molecule has 0 saturated carbocycles. The second kappa shape index (κ2) is 5.59. The van der Waals surface area contributed by atoms with Crippen LogP contribution >= 0.6 is 0 Å². The molecular weight excluding hydrogens is 287 g/mol. The maximum Gasteiger partial charge on any atom is 0.433 e. The largest absolute Gasteiger partial charge is 0.433 e. The highest BCUT2D eigenvalue weighted by Crippen LogP contribution is 2.28. The predicted molar refractivity (Wildman–Crippen MR) is 67.2 cm³/mol. The van der Waals surface area contributed by atoms with Crippen molar-refractivity contribution in [2.24, 2.45) is 0 Å². The van der Waals surface area contributed by atoms with E-state index in [1.807, 2.05) is 0 Å². The standard InChI is InChI=1S/C13H16F3N3O2/c1-8-6-9(13(14,15)16)19-10(18-8)7-17-11(20)12(2)4-3-5-21-12/h6H,3-5,7H2,1-2H3,(H,17,20). The highest BCUT2D eigenvalue weighted by Gasteiger charge is 2.38. The SMILES string of the molecule is Cc1cc(C(F)(F)F)nc(CNC(=O)C2(C)CCCO2)n1. The summed E-state index contributed by atoms with van der Waals surface area (Å²) in [6.45, 7) is 3.45. The number of aryl methyl sites for hydroxylation is 1. The van der Waals surface area contributed by atoms with Crippen molar-refractivity contribution >= 4 is 5.91 Å². The molecule has 21 heavy (non-hydrogen) atoms. The van der Waals surface area contributed by atoms with Crippen molar-refractivity contribution in [1.29, 1.82) is 0 Å². The van der Waals surface area contributed by atoms with Gasteiger partial charge in [0.25, 0.3) is 5.91 Å². The summed E-state index contributed by atoms with van der Waals surface area (Å²) in [6.07, 6.45) is -3.17. The Kier molecular flexibility index (Phi) is 4.18. The van der Waals surface area contributed by atoms with Crippen LogP contribution in [0.15, 0.2) is 6.07 Å². The lowest BCUT2D eigenvalue weighted by atomic mass is 10.0. The minimum atomic E-state index is -4.53. The molecule has 1 aliphatic rings. The first-order chi connectivity index (χ1) is 9.71. The van der Waals surface area contributed by atoms with Gasteiger partial charge in [0.05, 0.1) is 6.54 Å². The molecule has 1 saturated heterocycles. The molecule has 1 aromatic rings. The number of nitrogens with one attached hydrogen (secondary N) is 1. The van der Waals surface area contributed by atoms with E-state index in [0.717, 1.165) is 12.5 Å². The quantitative estimate of drug-likeness (QED) is 0.927. The van der Waals surface area contributed by atoms with Crippen LogP contribution in [-0.2, 0) is 22.3 Å². The summed E-state index contributed by atoms with van der Waals surface area (Å²) >= 11 is 0. The van der Waals surface area contributed by atoms with Crippen LogP contribution in [0.5, 0.6) is 0 Å². The molecule has 1 N–H and O–H groups in total. The molecule has 0 aromatic carbocycles. The maximum atomic E-state index is 12.7. The van der Waals surface area contributed by atoms with Gasteiger partial charge in [-0.15, -0.1) is 0 Å². The molecule has 0 bridgehead atoms. The Bertz CT molecular complexity index is 540. The third kappa shape index (κ3) is 3.69. The fourth-order valence-corrected chi connectivity index (χ4v) is 2.16. The Labute approximate surface area is 119 Å². The van der Waals surface area contributed by atoms with E-state index in [-0.39, 0.29) is 24.0 Å². The minimum Gasteiger partial charge on any atom is -0.365 e. The van der Waals surface area contributed by atoms with Crippen LogP contribution < -0.4 is 5.32 Å². The first-order valence-corrected chi connectivity index (χ1v) is 6.55. The maximum absolute atomic E-state index is 12.7. The van der Waals surface area contributed by atoms with Crippen LogP contribution in [-0.4, -0.2) is 28.1 Å². The number of carbonyl (C=O) groups excluding carboxylic acids is 1. The number of nitrogens with zero attached hydrogens (tertiary/aromatic N) is 2. The van der Waals surface area contributed by atoms with Crippen LogP contribution in [0, 0.1) is 6.92 Å². The van der Waals surface area contributed by atoms with Gasteiger partial charge in [0.15, 0.2) is 0 Å². The van der Waals surface area contributed by atoms with Crippen molar-refractivity contribution in [3.8, 4) is 0 Å². The molecular formula is C13H16F3N3O2. The lowest BCUT2D eigenvalue weighted by Gasteiger charge is -2.21. The monoisotopic (exact) mass is 303 g/mol. The molecule has 1 atom stereocenters. The molecule has 1 aliphatic heterocycles. The lowest BCUT2D eigenvalue weighted by molar-refractivity contribution is -0.141. The summed E-state index contributed by atoms with van der Waals surface area (Å²) in [5, 5.41) is 2.53. The lowest BCUT2D eigenvalue weighted by Crippen LogP contribution is -2.43. The van der Waals surface area contributed by atoms with E-state index < -0.39 is 17.5 Å². The highest BCUT2D eigenvalue weighted by atomic mass is 19.4. The van der Waals surface area contributed by atoms with Gasteiger partial charge < -0.3 is 10.1 Å². The number of ether oxygens (including phenoxy) is 1. The summed E-state index contributed by atoms with van der Waals surface area (Å²) in [5.41, 5.74) is -1.73. The Hall–Kier alpha value is -1.70. The molecule has 2 heterocycles. The van der Waals surface area contributed by atoms with Crippen LogP contribution in [0.4, 0.5) is 13.2 Å². The molecule has 1 amide bonds. The zero-order valence-electron chi connectivity index (χ0n) is 11.8. The molecule has 8 heteroatoms. The van der Waals surface area contributed by atoms with Gasteiger partial charge in [-0.1, -0.05) is 0 Å². The van der Waals surface area contributed by atoms with Gasteiger partial charge in [0.1, 0.15) is 17.1 Å². The molecule has 5 nitrogen and oxygen atoms in total. The van der Waals surface area contributed by atoms with Crippen molar-refractivity contribution in [2.75, 3.05) is 6.61 Å². The number of amides is 1. The third-order valence-electron chi connectivity index (χ3n) is 3.30. The average Bonchev–Trinajstić information content (AvgIpc) is 2.82. The van der Waals surface area contributed by atoms with E-state index in [4.69, 9.17) is 4.74 Å². The molecule has 1 unspecified atom stereocenters. The number of hydrogen-bond acceptors (Lipinski definition) is 4. The molecule has 1 fully saturated rings. The minimum absolute atomic E-state index is 0.0720. The van der Waals surface area contributed by atoms with Crippen molar-refractivity contribution < 1.29 is 22.7 Å². The molecule has 0 aliphatic carbocycles. The summed E-state index contributed by atoms with van der Waals surface area (Å²) in [6, 6.07) is 0.868. The summed E-state index contributed by atoms with van der Waals surface area (Å²) in [4.78, 5) is 19.3. The predicted octanol–water partition coefficient (Wildman–Crippen LogP) is 1.99. The fourth-order valence-electron chi connectivity index (χ4n) is 2.16. The number of hydrogen-bond donors (Lipinski definition) is 1. The van der Waals surface area contributed by atoms with Crippen LogP contribution in [0.2, 0.25) is 0 Å². The van der Waals surface area contributed by atoms with Gasteiger partial charge in [0, 0.05) is 12.3 Å². The number of aromatic nitrogens is 2. The molecule has 0 radical (unpaired) electrons. The van der Waals surface area contributed by atoms with E-state index in [9.17, 15) is 18.0 Å². The Morgan fingerprint density at radius 1 is 1.48 bits per heavy atom. The summed E-state index contributed by atoms with van der Waals surface area (Å²) in [7, 11) is 0. The zero-order valence-corrected chi connectivity index (χ0v) is 11.8. The molecule has 1 aromatic heterocycles. The van der Waals surface area contributed by atoms with Crippen molar-refractivity contribution in [3.05, 3.63) is 23.3 Å². The van der Waals surface area contributed by atoms with Gasteiger partial charge in [-0.25, -0.2) is 9.97 Å². The van der Waals surface area contributed by atoms with Gasteiger partial charge in [0.2, 0.25) is 0 Å². The third-order valence-corrected chi connectivity index (χ3v) is 3.30. The normalized spacial score (nSPS) is 22.3. The second-order valence-corrected chi connectivity index (χ2v) is 5.17. The van der Waals surface area contributed by atoms with Crippen molar-refractivity contribution in [2.45, 2.75) is 45.0 Å². The van der Waals surface area contributed by atoms with Gasteiger partial charge in [-0.2, -0.15) is 13.2 Å². The zero-order chi connectivity index (χ0) is 15.7. The van der Waals surface area contributed by atoms with E-state index in [0.29, 0.717) is 13.0 Å². The van der Waals surface area contributed by atoms with Crippen molar-refractivity contribution in [3.63, 3.8) is 0 Å². The van der Waals surface area contributed by atoms with Crippen LogP contribution in [0.25, 0.3) is 0 Å². The average molecular weight is 303 g/mol. The van der Waals surface area contributed by atoms with E-state index in [1.54, 1.807) is 6.92 Å². The molecule has 2 rings (SSSR count). The number of carbonyl (C=O) groups is 1. The second-order valence-electron chi connectivity index (χ2n) is 5.17. The number of rotatable bonds is 3. The van der Waals surface area contributed by atoms with E-state index in [2.05, 4.69) is 15.3 Å². The van der Waals surface area contributed by atoms with E-state index >= 15 is 0 Å². The van der Waals surface area contributed by atoms with Gasteiger partial charge in [-0.05, 0) is 32.8 Å². The molecule has 0 spiro atoms. The van der Waals surface area contributed by atoms with Crippen LogP contribution in [0.3, 0.4) is 0 Å². The van der Waals surface area contributed by atoms with Gasteiger partial charge >= 0.3 is 6.18 Å². The summed E-state index contributed by atoms with van der Waals surface area (Å²) < 4.78 is 43.3. The molecule has 116 valence electrons. The smallest absolute Gasteiger partial charge is 0.365 e. The Morgan fingerprint density at radius 3 is 2.76 bits per heavy atom. The summed E-state index contributed by atoms with van der Waals surface area (Å²) in [5.74, 6) is -0.434. The number of alkyl halides is 3. The Balaban J connectivity index is 2.06. The topological polar surface area (TPSA) is 64.1 Å². The van der Waals surface area contributed by atoms with Crippen molar-refractivity contribution in [1.82, 2.24) is 15.3 Å². The highest BCUT2D eigenvalue weighted by molar-refractivity contribution is 5.84. The van der Waals surface area contributed by atoms with Gasteiger partial charge in [-0.3, -0.25) is 4.79 Å². The first kappa shape index (κ1) is 15.7. The van der Waals surface area contributed by atoms with Crippen LogP contribution in [0.1, 0.15) is 37.0 Å².